The van der Waals surface area contributed by atoms with Crippen LogP contribution >= 0.6 is 0 Å². The number of nitrogens with one attached hydrogen (secondary N) is 1. The van der Waals surface area contributed by atoms with Crippen LogP contribution in [0.25, 0.3) is 0 Å². The van der Waals surface area contributed by atoms with Crippen LogP contribution in [0.3, 0.4) is 0 Å². The van der Waals surface area contributed by atoms with Gasteiger partial charge in [-0.05, 0) is 22.3 Å². The summed E-state index contributed by atoms with van der Waals surface area (Å²) in [7, 11) is -3.74. The Hall–Kier alpha value is -4.27. The van der Waals surface area contributed by atoms with Crippen molar-refractivity contribution in [2.45, 2.75) is 25.7 Å². The summed E-state index contributed by atoms with van der Waals surface area (Å²) in [6.45, 7) is 0.0530. The lowest BCUT2D eigenvalue weighted by Crippen LogP contribution is -2.47. The maximum absolute atomic E-state index is 14.0. The molecule has 0 aliphatic heterocycles. The summed E-state index contributed by atoms with van der Waals surface area (Å²) in [4.78, 5) is 29.3. The van der Waals surface area contributed by atoms with Gasteiger partial charge in [-0.1, -0.05) is 121 Å². The Bertz CT molecular complexity index is 1480. The molecule has 40 heavy (non-hydrogen) atoms. The second kappa shape index (κ2) is 13.7. The molecule has 0 heterocycles. The summed E-state index contributed by atoms with van der Waals surface area (Å²) < 4.78 is 26.7. The van der Waals surface area contributed by atoms with E-state index in [2.05, 4.69) is 5.32 Å². The van der Waals surface area contributed by atoms with Crippen LogP contribution in [0.5, 0.6) is 0 Å². The Labute approximate surface area is 236 Å². The van der Waals surface area contributed by atoms with Crippen molar-refractivity contribution in [2.24, 2.45) is 0 Å². The average molecular weight is 556 g/mol. The smallest absolute Gasteiger partial charge is 0.247 e. The first kappa shape index (κ1) is 28.7. The second-order valence-corrected chi connectivity index (χ2v) is 11.5. The Morgan fingerprint density at radius 1 is 0.675 bits per heavy atom. The number of nitrogens with zero attached hydrogens (tertiary/aromatic N) is 2. The molecule has 0 aliphatic carbocycles. The van der Waals surface area contributed by atoms with Crippen molar-refractivity contribution in [2.75, 3.05) is 12.8 Å². The lowest BCUT2D eigenvalue weighted by atomic mass is 10.0. The molecule has 0 unspecified atom stereocenters. The molecule has 7 nitrogen and oxygen atoms in total. The Balaban J connectivity index is 1.68. The van der Waals surface area contributed by atoms with Gasteiger partial charge in [0.25, 0.3) is 0 Å². The highest BCUT2D eigenvalue weighted by molar-refractivity contribution is 7.88. The maximum Gasteiger partial charge on any atom is 0.247 e. The van der Waals surface area contributed by atoms with Gasteiger partial charge in [0, 0.05) is 19.6 Å². The van der Waals surface area contributed by atoms with E-state index < -0.39 is 28.5 Å². The third-order valence-electron chi connectivity index (χ3n) is 6.48. The molecule has 0 aliphatic rings. The number of carbonyl (C=O) groups excluding carboxylic acids is 2. The van der Waals surface area contributed by atoms with Gasteiger partial charge in [-0.2, -0.15) is 4.31 Å². The van der Waals surface area contributed by atoms with Crippen molar-refractivity contribution in [1.29, 1.82) is 0 Å². The molecule has 1 atom stereocenters. The van der Waals surface area contributed by atoms with Crippen molar-refractivity contribution >= 4 is 21.8 Å². The SMILES string of the molecule is CS(=O)(=O)N(CC(=O)N(Cc1ccccc1)[C@H](C(=O)NCc1ccccc1)c1ccccc1)Cc1ccccc1. The zero-order valence-corrected chi connectivity index (χ0v) is 23.2. The molecule has 1 N–H and O–H groups in total. The van der Waals surface area contributed by atoms with E-state index in [1.54, 1.807) is 12.1 Å². The number of carbonyl (C=O) groups is 2. The molecule has 0 saturated heterocycles. The molecule has 0 bridgehead atoms. The van der Waals surface area contributed by atoms with Crippen molar-refractivity contribution in [3.63, 3.8) is 0 Å². The minimum Gasteiger partial charge on any atom is -0.350 e. The lowest BCUT2D eigenvalue weighted by molar-refractivity contribution is -0.141. The number of sulfonamides is 1. The van der Waals surface area contributed by atoms with Crippen LogP contribution in [0.15, 0.2) is 121 Å². The van der Waals surface area contributed by atoms with E-state index in [-0.39, 0.29) is 19.0 Å². The number of benzene rings is 4. The summed E-state index contributed by atoms with van der Waals surface area (Å²) in [5.74, 6) is -0.831. The Kier molecular flexibility index (Phi) is 9.83. The first-order valence-corrected chi connectivity index (χ1v) is 14.8. The van der Waals surface area contributed by atoms with Gasteiger partial charge < -0.3 is 10.2 Å². The van der Waals surface area contributed by atoms with Crippen molar-refractivity contribution in [3.05, 3.63) is 144 Å². The first-order valence-electron chi connectivity index (χ1n) is 13.0. The summed E-state index contributed by atoms with van der Waals surface area (Å²) in [5.41, 5.74) is 3.14. The highest BCUT2D eigenvalue weighted by Crippen LogP contribution is 2.25. The number of amides is 2. The number of hydrogen-bond donors (Lipinski definition) is 1. The molecule has 8 heteroatoms. The third-order valence-corrected chi connectivity index (χ3v) is 7.68. The topological polar surface area (TPSA) is 86.8 Å². The summed E-state index contributed by atoms with van der Waals surface area (Å²) in [6.07, 6.45) is 1.09. The molecular weight excluding hydrogens is 522 g/mol. The fraction of sp³-hybridized carbons (Fsp3) is 0.188. The minimum atomic E-state index is -3.74. The van der Waals surface area contributed by atoms with Gasteiger partial charge in [0.1, 0.15) is 6.04 Å². The van der Waals surface area contributed by atoms with Crippen LogP contribution in [0.4, 0.5) is 0 Å². The van der Waals surface area contributed by atoms with E-state index in [0.29, 0.717) is 12.1 Å². The largest absolute Gasteiger partial charge is 0.350 e. The van der Waals surface area contributed by atoms with Crippen LogP contribution in [0, 0.1) is 0 Å². The van der Waals surface area contributed by atoms with Crippen molar-refractivity contribution in [1.82, 2.24) is 14.5 Å². The molecule has 0 spiro atoms. The predicted octanol–water partition coefficient (Wildman–Crippen LogP) is 4.53. The molecule has 4 rings (SSSR count). The van der Waals surface area contributed by atoms with E-state index in [4.69, 9.17) is 0 Å². The summed E-state index contributed by atoms with van der Waals surface area (Å²) >= 11 is 0. The monoisotopic (exact) mass is 555 g/mol. The second-order valence-electron chi connectivity index (χ2n) is 9.54. The van der Waals surface area contributed by atoms with E-state index in [9.17, 15) is 18.0 Å². The Morgan fingerprint density at radius 2 is 1.12 bits per heavy atom. The standard InChI is InChI=1S/C32H33N3O4S/c1-40(38,39)34(23-27-16-8-3-9-17-27)25-30(36)35(24-28-18-10-4-11-19-28)31(29-20-12-5-13-21-29)32(37)33-22-26-14-6-2-7-15-26/h2-21,31H,22-25H2,1H3,(H,33,37)/t31-/m0/s1. The van der Waals surface area contributed by atoms with Crippen LogP contribution in [0.2, 0.25) is 0 Å². The van der Waals surface area contributed by atoms with Gasteiger partial charge >= 0.3 is 0 Å². The summed E-state index contributed by atoms with van der Waals surface area (Å²) in [5, 5.41) is 2.98. The van der Waals surface area contributed by atoms with E-state index in [1.165, 1.54) is 4.90 Å². The fourth-order valence-corrected chi connectivity index (χ4v) is 5.14. The van der Waals surface area contributed by atoms with Gasteiger partial charge in [-0.3, -0.25) is 9.59 Å². The summed E-state index contributed by atoms with van der Waals surface area (Å²) in [6, 6.07) is 36.1. The van der Waals surface area contributed by atoms with Gasteiger partial charge in [0.05, 0.1) is 12.8 Å². The molecule has 0 fully saturated rings. The first-order chi connectivity index (χ1) is 19.3. The van der Waals surface area contributed by atoms with Gasteiger partial charge in [0.2, 0.25) is 21.8 Å². The normalized spacial score (nSPS) is 12.1. The molecule has 0 aromatic heterocycles. The lowest BCUT2D eigenvalue weighted by Gasteiger charge is -2.33. The zero-order valence-electron chi connectivity index (χ0n) is 22.4. The quantitative estimate of drug-likeness (QED) is 0.278. The number of hydrogen-bond acceptors (Lipinski definition) is 4. The highest BCUT2D eigenvalue weighted by atomic mass is 32.2. The van der Waals surface area contributed by atoms with E-state index in [0.717, 1.165) is 27.3 Å². The number of rotatable bonds is 12. The minimum absolute atomic E-state index is 0.0425. The Morgan fingerprint density at radius 3 is 1.62 bits per heavy atom. The molecule has 0 radical (unpaired) electrons. The molecule has 206 valence electrons. The van der Waals surface area contributed by atoms with Gasteiger partial charge in [-0.15, -0.1) is 0 Å². The third kappa shape index (κ3) is 8.11. The maximum atomic E-state index is 14.0. The van der Waals surface area contributed by atoms with Gasteiger partial charge in [-0.25, -0.2) is 8.42 Å². The molecule has 2 amide bonds. The van der Waals surface area contributed by atoms with Crippen molar-refractivity contribution in [3.8, 4) is 0 Å². The zero-order chi connectivity index (χ0) is 28.4. The molecule has 4 aromatic carbocycles. The van der Waals surface area contributed by atoms with Gasteiger partial charge in [0.15, 0.2) is 0 Å². The highest BCUT2D eigenvalue weighted by Gasteiger charge is 2.33. The molecule has 0 saturated carbocycles. The molecular formula is C32H33N3O4S. The van der Waals surface area contributed by atoms with Crippen LogP contribution < -0.4 is 5.32 Å². The van der Waals surface area contributed by atoms with Crippen LogP contribution in [-0.2, 0) is 39.2 Å². The molecule has 4 aromatic rings. The van der Waals surface area contributed by atoms with Crippen LogP contribution in [-0.4, -0.2) is 42.2 Å². The van der Waals surface area contributed by atoms with Crippen LogP contribution in [0.1, 0.15) is 28.3 Å². The van der Waals surface area contributed by atoms with E-state index >= 15 is 0 Å². The fourth-order valence-electron chi connectivity index (χ4n) is 4.41. The van der Waals surface area contributed by atoms with Crippen molar-refractivity contribution < 1.29 is 18.0 Å². The predicted molar refractivity (Wildman–Crippen MR) is 156 cm³/mol. The van der Waals surface area contributed by atoms with E-state index in [1.807, 2.05) is 109 Å². The average Bonchev–Trinajstić information content (AvgIpc) is 2.97.